The van der Waals surface area contributed by atoms with Crippen LogP contribution in [0.4, 0.5) is 5.69 Å². The number of unbranched alkanes of at least 4 members (excludes halogenated alkanes) is 2. The highest BCUT2D eigenvalue weighted by atomic mass is 16.5. The van der Waals surface area contributed by atoms with Gasteiger partial charge in [0.2, 0.25) is 0 Å². The van der Waals surface area contributed by atoms with Crippen LogP contribution >= 0.6 is 0 Å². The minimum atomic E-state index is -0.304. The van der Waals surface area contributed by atoms with Crippen LogP contribution < -0.4 is 11.1 Å². The number of hydrogen-bond acceptors (Lipinski definition) is 4. The highest BCUT2D eigenvalue weighted by Crippen LogP contribution is 2.07. The van der Waals surface area contributed by atoms with Gasteiger partial charge in [0.25, 0.3) is 0 Å². The van der Waals surface area contributed by atoms with Gasteiger partial charge >= 0.3 is 5.97 Å². The maximum Gasteiger partial charge on any atom is 0.338 e. The smallest absolute Gasteiger partial charge is 0.338 e. The summed E-state index contributed by atoms with van der Waals surface area (Å²) < 4.78 is 5.24. The Hall–Kier alpha value is -1.55. The molecular weight excluding hydrogens is 240 g/mol. The molecule has 1 aromatic carbocycles. The molecule has 0 saturated heterocycles. The molecule has 1 unspecified atom stereocenters. The Balaban J connectivity index is 2.24. The zero-order chi connectivity index (χ0) is 14.1. The second-order valence-corrected chi connectivity index (χ2v) is 4.78. The predicted molar refractivity (Wildman–Crippen MR) is 78.1 cm³/mol. The van der Waals surface area contributed by atoms with Gasteiger partial charge in [-0.25, -0.2) is 4.79 Å². The fraction of sp³-hybridized carbons (Fsp3) is 0.533. The lowest BCUT2D eigenvalue weighted by atomic mass is 10.2. The van der Waals surface area contributed by atoms with Crippen LogP contribution in [0.25, 0.3) is 0 Å². The van der Waals surface area contributed by atoms with Crippen molar-refractivity contribution in [2.75, 3.05) is 18.9 Å². The van der Waals surface area contributed by atoms with Crippen LogP contribution in [0.15, 0.2) is 24.3 Å². The van der Waals surface area contributed by atoms with Crippen LogP contribution in [0.3, 0.4) is 0 Å². The normalized spacial score (nSPS) is 12.1. The van der Waals surface area contributed by atoms with Crippen molar-refractivity contribution in [1.29, 1.82) is 0 Å². The third-order valence-electron chi connectivity index (χ3n) is 2.88. The fourth-order valence-corrected chi connectivity index (χ4v) is 1.69. The third-order valence-corrected chi connectivity index (χ3v) is 2.88. The Morgan fingerprint density at radius 2 is 2.00 bits per heavy atom. The Kier molecular flexibility index (Phi) is 6.97. The van der Waals surface area contributed by atoms with E-state index in [1.165, 1.54) is 12.8 Å². The minimum Gasteiger partial charge on any atom is -0.460 e. The van der Waals surface area contributed by atoms with Gasteiger partial charge in [-0.1, -0.05) is 19.8 Å². The number of ether oxygens (including phenoxy) is 1. The molecule has 0 aliphatic rings. The summed E-state index contributed by atoms with van der Waals surface area (Å²) in [6.07, 6.45) is 3.60. The SMILES string of the molecule is CCCCCNC(C)COC(=O)c1ccc(N)cc1. The van der Waals surface area contributed by atoms with E-state index in [2.05, 4.69) is 12.2 Å². The minimum absolute atomic E-state index is 0.176. The molecule has 0 saturated carbocycles. The number of anilines is 1. The molecule has 0 aliphatic carbocycles. The third kappa shape index (κ3) is 6.25. The van der Waals surface area contributed by atoms with Crippen molar-refractivity contribution < 1.29 is 9.53 Å². The van der Waals surface area contributed by atoms with Crippen molar-refractivity contribution in [2.24, 2.45) is 0 Å². The van der Waals surface area contributed by atoms with Crippen molar-refractivity contribution in [3.8, 4) is 0 Å². The van der Waals surface area contributed by atoms with Crippen molar-refractivity contribution in [2.45, 2.75) is 39.2 Å². The van der Waals surface area contributed by atoms with Gasteiger partial charge in [-0.15, -0.1) is 0 Å². The number of nitrogens with two attached hydrogens (primary N) is 1. The Labute approximate surface area is 115 Å². The maximum absolute atomic E-state index is 11.7. The number of nitrogens with one attached hydrogen (secondary N) is 1. The predicted octanol–water partition coefficient (Wildman–Crippen LogP) is 2.59. The Morgan fingerprint density at radius 1 is 1.32 bits per heavy atom. The van der Waals surface area contributed by atoms with Gasteiger partial charge in [-0.05, 0) is 44.2 Å². The van der Waals surface area contributed by atoms with Gasteiger partial charge in [0.15, 0.2) is 0 Å². The van der Waals surface area contributed by atoms with Crippen molar-refractivity contribution in [3.63, 3.8) is 0 Å². The van der Waals surface area contributed by atoms with E-state index in [4.69, 9.17) is 10.5 Å². The van der Waals surface area contributed by atoms with E-state index < -0.39 is 0 Å². The molecule has 1 rings (SSSR count). The summed E-state index contributed by atoms with van der Waals surface area (Å²) in [6.45, 7) is 5.55. The summed E-state index contributed by atoms with van der Waals surface area (Å²) in [4.78, 5) is 11.7. The molecule has 19 heavy (non-hydrogen) atoms. The second kappa shape index (κ2) is 8.53. The molecule has 0 aromatic heterocycles. The largest absolute Gasteiger partial charge is 0.460 e. The molecule has 0 spiro atoms. The van der Waals surface area contributed by atoms with E-state index in [1.807, 2.05) is 6.92 Å². The first-order valence-corrected chi connectivity index (χ1v) is 6.89. The first-order valence-electron chi connectivity index (χ1n) is 6.89. The van der Waals surface area contributed by atoms with E-state index in [1.54, 1.807) is 24.3 Å². The summed E-state index contributed by atoms with van der Waals surface area (Å²) in [5.74, 6) is -0.304. The lowest BCUT2D eigenvalue weighted by Gasteiger charge is -2.14. The highest BCUT2D eigenvalue weighted by molar-refractivity contribution is 5.89. The first-order chi connectivity index (χ1) is 9.13. The molecule has 4 nitrogen and oxygen atoms in total. The van der Waals surface area contributed by atoms with Gasteiger partial charge in [-0.3, -0.25) is 0 Å². The molecular formula is C15H24N2O2. The van der Waals surface area contributed by atoms with E-state index >= 15 is 0 Å². The molecule has 0 amide bonds. The molecule has 4 heteroatoms. The standard InChI is InChI=1S/C15H24N2O2/c1-3-4-5-10-17-12(2)11-19-15(18)13-6-8-14(16)9-7-13/h6-9,12,17H,3-5,10-11,16H2,1-2H3. The monoisotopic (exact) mass is 264 g/mol. The molecule has 0 heterocycles. The molecule has 0 bridgehead atoms. The van der Waals surface area contributed by atoms with Gasteiger partial charge in [-0.2, -0.15) is 0 Å². The van der Waals surface area contributed by atoms with Gasteiger partial charge in [0.1, 0.15) is 6.61 Å². The summed E-state index contributed by atoms with van der Waals surface area (Å²) in [5, 5.41) is 3.34. The highest BCUT2D eigenvalue weighted by Gasteiger charge is 2.09. The van der Waals surface area contributed by atoms with E-state index in [0.29, 0.717) is 17.9 Å². The van der Waals surface area contributed by atoms with Crippen LogP contribution in [-0.2, 0) is 4.74 Å². The molecule has 1 aromatic rings. The first kappa shape index (κ1) is 15.5. The second-order valence-electron chi connectivity index (χ2n) is 4.78. The van der Waals surface area contributed by atoms with E-state index in [0.717, 1.165) is 13.0 Å². The van der Waals surface area contributed by atoms with Gasteiger partial charge in [0, 0.05) is 11.7 Å². The van der Waals surface area contributed by atoms with Crippen LogP contribution in [0, 0.1) is 0 Å². The average molecular weight is 264 g/mol. The number of rotatable bonds is 8. The summed E-state index contributed by atoms with van der Waals surface area (Å²) in [6, 6.07) is 6.93. The van der Waals surface area contributed by atoms with Gasteiger partial charge < -0.3 is 15.8 Å². The van der Waals surface area contributed by atoms with Crippen LogP contribution in [0.2, 0.25) is 0 Å². The van der Waals surface area contributed by atoms with Gasteiger partial charge in [0.05, 0.1) is 5.56 Å². The number of carbonyl (C=O) groups is 1. The van der Waals surface area contributed by atoms with Crippen LogP contribution in [-0.4, -0.2) is 25.2 Å². The Morgan fingerprint density at radius 3 is 2.63 bits per heavy atom. The fourth-order valence-electron chi connectivity index (χ4n) is 1.69. The topological polar surface area (TPSA) is 64.3 Å². The van der Waals surface area contributed by atoms with Crippen molar-refractivity contribution >= 4 is 11.7 Å². The molecule has 0 fully saturated rings. The number of carbonyl (C=O) groups excluding carboxylic acids is 1. The molecule has 0 radical (unpaired) electrons. The lowest BCUT2D eigenvalue weighted by molar-refractivity contribution is 0.0472. The molecule has 1 atom stereocenters. The summed E-state index contributed by atoms with van der Waals surface area (Å²) >= 11 is 0. The number of hydrogen-bond donors (Lipinski definition) is 2. The quantitative estimate of drug-likeness (QED) is 0.430. The maximum atomic E-state index is 11.7. The summed E-state index contributed by atoms with van der Waals surface area (Å²) in [7, 11) is 0. The zero-order valence-electron chi connectivity index (χ0n) is 11.8. The van der Waals surface area contributed by atoms with E-state index in [-0.39, 0.29) is 12.0 Å². The molecule has 106 valence electrons. The lowest BCUT2D eigenvalue weighted by Crippen LogP contribution is -2.32. The number of esters is 1. The Bertz CT molecular complexity index is 376. The number of benzene rings is 1. The summed E-state index contributed by atoms with van der Waals surface area (Å²) in [5.41, 5.74) is 6.74. The van der Waals surface area contributed by atoms with Crippen LogP contribution in [0.1, 0.15) is 43.5 Å². The van der Waals surface area contributed by atoms with Crippen molar-refractivity contribution in [3.05, 3.63) is 29.8 Å². The average Bonchev–Trinajstić information content (AvgIpc) is 2.42. The van der Waals surface area contributed by atoms with Crippen LogP contribution in [0.5, 0.6) is 0 Å². The number of nitrogen functional groups attached to an aromatic ring is 1. The molecule has 3 N–H and O–H groups in total. The molecule has 0 aliphatic heterocycles. The van der Waals surface area contributed by atoms with E-state index in [9.17, 15) is 4.79 Å². The van der Waals surface area contributed by atoms with Crippen molar-refractivity contribution in [1.82, 2.24) is 5.32 Å². The zero-order valence-corrected chi connectivity index (χ0v) is 11.8.